The van der Waals surface area contributed by atoms with Crippen molar-refractivity contribution in [1.29, 1.82) is 0 Å². The van der Waals surface area contributed by atoms with Crippen LogP contribution in [0.3, 0.4) is 0 Å². The number of hydrogen-bond donors (Lipinski definition) is 2. The second-order valence-corrected chi connectivity index (χ2v) is 4.49. The first-order valence-electron chi connectivity index (χ1n) is 6.19. The summed E-state index contributed by atoms with van der Waals surface area (Å²) in [6.07, 6.45) is 3.24. The van der Waals surface area contributed by atoms with E-state index in [0.717, 1.165) is 30.8 Å². The van der Waals surface area contributed by atoms with Crippen LogP contribution in [0.15, 0.2) is 18.2 Å². The first-order chi connectivity index (χ1) is 8.25. The minimum absolute atomic E-state index is 0.0199. The van der Waals surface area contributed by atoms with Gasteiger partial charge in [0.05, 0.1) is 18.3 Å². The third kappa shape index (κ3) is 3.53. The Morgan fingerprint density at radius 3 is 3.12 bits per heavy atom. The molecule has 0 aromatic carbocycles. The zero-order valence-corrected chi connectivity index (χ0v) is 10.2. The minimum atomic E-state index is -0.0199. The normalized spacial score (nSPS) is 19.9. The molecule has 2 heterocycles. The summed E-state index contributed by atoms with van der Waals surface area (Å²) in [5.74, 6) is 0.0907. The molecule has 1 fully saturated rings. The van der Waals surface area contributed by atoms with Gasteiger partial charge in [0.15, 0.2) is 0 Å². The van der Waals surface area contributed by atoms with Gasteiger partial charge in [0.1, 0.15) is 0 Å². The summed E-state index contributed by atoms with van der Waals surface area (Å²) in [7, 11) is 0. The molecule has 1 amide bonds. The first kappa shape index (κ1) is 12.0. The monoisotopic (exact) mass is 233 g/mol. The SMILES string of the molecule is Cc1cccc(CNC(=O)[C@@H]2CCCCN2)n1. The molecule has 1 aliphatic rings. The molecule has 0 saturated carbocycles. The molecule has 0 bridgehead atoms. The molecule has 4 heteroatoms. The van der Waals surface area contributed by atoms with Crippen molar-refractivity contribution in [3.05, 3.63) is 29.6 Å². The van der Waals surface area contributed by atoms with Gasteiger partial charge >= 0.3 is 0 Å². The highest BCUT2D eigenvalue weighted by Gasteiger charge is 2.19. The lowest BCUT2D eigenvalue weighted by Gasteiger charge is -2.22. The zero-order chi connectivity index (χ0) is 12.1. The van der Waals surface area contributed by atoms with Crippen LogP contribution in [-0.4, -0.2) is 23.5 Å². The van der Waals surface area contributed by atoms with E-state index in [0.29, 0.717) is 6.54 Å². The lowest BCUT2D eigenvalue weighted by molar-refractivity contribution is -0.123. The van der Waals surface area contributed by atoms with Gasteiger partial charge in [-0.3, -0.25) is 9.78 Å². The molecule has 1 atom stereocenters. The fourth-order valence-electron chi connectivity index (χ4n) is 2.07. The molecular weight excluding hydrogens is 214 g/mol. The summed E-state index contributed by atoms with van der Waals surface area (Å²) in [6.45, 7) is 3.41. The predicted octanol–water partition coefficient (Wildman–Crippen LogP) is 1.15. The maximum Gasteiger partial charge on any atom is 0.237 e. The van der Waals surface area contributed by atoms with Crippen LogP contribution < -0.4 is 10.6 Å². The summed E-state index contributed by atoms with van der Waals surface area (Å²) in [5, 5.41) is 6.17. The van der Waals surface area contributed by atoms with Crippen LogP contribution in [0.1, 0.15) is 30.7 Å². The van der Waals surface area contributed by atoms with Gasteiger partial charge in [-0.15, -0.1) is 0 Å². The molecule has 1 aliphatic heterocycles. The number of rotatable bonds is 3. The number of piperidine rings is 1. The average Bonchev–Trinajstić information content (AvgIpc) is 2.37. The molecule has 2 N–H and O–H groups in total. The fourth-order valence-corrected chi connectivity index (χ4v) is 2.07. The largest absolute Gasteiger partial charge is 0.349 e. The number of carbonyl (C=O) groups is 1. The molecule has 0 unspecified atom stereocenters. The number of hydrogen-bond acceptors (Lipinski definition) is 3. The van der Waals surface area contributed by atoms with Crippen LogP contribution in [-0.2, 0) is 11.3 Å². The van der Waals surface area contributed by atoms with E-state index in [1.54, 1.807) is 0 Å². The zero-order valence-electron chi connectivity index (χ0n) is 10.2. The van der Waals surface area contributed by atoms with Gasteiger partial charge in [-0.25, -0.2) is 0 Å². The Balaban J connectivity index is 1.83. The number of pyridine rings is 1. The van der Waals surface area contributed by atoms with Crippen LogP contribution in [0.4, 0.5) is 0 Å². The van der Waals surface area contributed by atoms with E-state index in [1.807, 2.05) is 25.1 Å². The number of nitrogens with zero attached hydrogens (tertiary/aromatic N) is 1. The van der Waals surface area contributed by atoms with Crippen molar-refractivity contribution < 1.29 is 4.79 Å². The summed E-state index contributed by atoms with van der Waals surface area (Å²) in [5.41, 5.74) is 1.89. The van der Waals surface area contributed by atoms with Crippen LogP contribution in [0.2, 0.25) is 0 Å². The molecule has 0 spiro atoms. The van der Waals surface area contributed by atoms with Gasteiger partial charge in [-0.1, -0.05) is 12.5 Å². The maximum absolute atomic E-state index is 11.9. The van der Waals surface area contributed by atoms with E-state index in [2.05, 4.69) is 15.6 Å². The van der Waals surface area contributed by atoms with E-state index in [1.165, 1.54) is 6.42 Å². The van der Waals surface area contributed by atoms with E-state index in [4.69, 9.17) is 0 Å². The number of carbonyl (C=O) groups excluding carboxylic acids is 1. The van der Waals surface area contributed by atoms with Crippen molar-refractivity contribution in [1.82, 2.24) is 15.6 Å². The number of aryl methyl sites for hydroxylation is 1. The lowest BCUT2D eigenvalue weighted by Crippen LogP contribution is -2.46. The highest BCUT2D eigenvalue weighted by molar-refractivity contribution is 5.81. The summed E-state index contributed by atoms with van der Waals surface area (Å²) < 4.78 is 0. The Morgan fingerprint density at radius 1 is 1.53 bits per heavy atom. The molecule has 0 radical (unpaired) electrons. The van der Waals surface area contributed by atoms with Crippen LogP contribution in [0, 0.1) is 6.92 Å². The standard InChI is InChI=1S/C13H19N3O/c1-10-5-4-6-11(16-10)9-15-13(17)12-7-2-3-8-14-12/h4-6,12,14H,2-3,7-9H2,1H3,(H,15,17)/t12-/m0/s1. The van der Waals surface area contributed by atoms with Crippen LogP contribution in [0.5, 0.6) is 0 Å². The Labute approximate surface area is 102 Å². The van der Waals surface area contributed by atoms with E-state index >= 15 is 0 Å². The van der Waals surface area contributed by atoms with Crippen LogP contribution >= 0.6 is 0 Å². The van der Waals surface area contributed by atoms with Gasteiger partial charge in [0, 0.05) is 5.69 Å². The Kier molecular flexibility index (Phi) is 4.09. The number of nitrogens with one attached hydrogen (secondary N) is 2. The molecule has 2 rings (SSSR count). The predicted molar refractivity (Wildman–Crippen MR) is 66.5 cm³/mol. The summed E-state index contributed by atoms with van der Waals surface area (Å²) in [6, 6.07) is 5.83. The second-order valence-electron chi connectivity index (χ2n) is 4.49. The molecule has 17 heavy (non-hydrogen) atoms. The minimum Gasteiger partial charge on any atom is -0.349 e. The Bertz CT molecular complexity index is 386. The van der Waals surface area contributed by atoms with Gasteiger partial charge in [-0.2, -0.15) is 0 Å². The summed E-state index contributed by atoms with van der Waals surface area (Å²) in [4.78, 5) is 16.2. The number of aromatic nitrogens is 1. The van der Waals surface area contributed by atoms with Crippen molar-refractivity contribution in [2.24, 2.45) is 0 Å². The Morgan fingerprint density at radius 2 is 2.41 bits per heavy atom. The van der Waals surface area contributed by atoms with Crippen molar-refractivity contribution in [3.8, 4) is 0 Å². The summed E-state index contributed by atoms with van der Waals surface area (Å²) >= 11 is 0. The lowest BCUT2D eigenvalue weighted by atomic mass is 10.0. The first-order valence-corrected chi connectivity index (χ1v) is 6.19. The number of amides is 1. The van der Waals surface area contributed by atoms with Crippen LogP contribution in [0.25, 0.3) is 0 Å². The smallest absolute Gasteiger partial charge is 0.237 e. The quantitative estimate of drug-likeness (QED) is 0.823. The van der Waals surface area contributed by atoms with E-state index < -0.39 is 0 Å². The van der Waals surface area contributed by atoms with E-state index in [-0.39, 0.29) is 11.9 Å². The van der Waals surface area contributed by atoms with Gasteiger partial charge < -0.3 is 10.6 Å². The molecule has 1 aromatic heterocycles. The van der Waals surface area contributed by atoms with Crippen molar-refractivity contribution in [2.45, 2.75) is 38.8 Å². The third-order valence-corrected chi connectivity index (χ3v) is 3.02. The van der Waals surface area contributed by atoms with Crippen molar-refractivity contribution >= 4 is 5.91 Å². The third-order valence-electron chi connectivity index (χ3n) is 3.02. The topological polar surface area (TPSA) is 54.0 Å². The molecular formula is C13H19N3O. The second kappa shape index (κ2) is 5.77. The van der Waals surface area contributed by atoms with Gasteiger partial charge in [-0.05, 0) is 38.4 Å². The maximum atomic E-state index is 11.9. The fraction of sp³-hybridized carbons (Fsp3) is 0.538. The molecule has 92 valence electrons. The van der Waals surface area contributed by atoms with Crippen molar-refractivity contribution in [3.63, 3.8) is 0 Å². The van der Waals surface area contributed by atoms with Gasteiger partial charge in [0.2, 0.25) is 5.91 Å². The molecule has 4 nitrogen and oxygen atoms in total. The van der Waals surface area contributed by atoms with E-state index in [9.17, 15) is 4.79 Å². The molecule has 0 aliphatic carbocycles. The highest BCUT2D eigenvalue weighted by Crippen LogP contribution is 2.07. The Hall–Kier alpha value is -1.42. The van der Waals surface area contributed by atoms with Gasteiger partial charge in [0.25, 0.3) is 0 Å². The molecule has 1 saturated heterocycles. The van der Waals surface area contributed by atoms with Crippen molar-refractivity contribution in [2.75, 3.05) is 6.54 Å². The highest BCUT2D eigenvalue weighted by atomic mass is 16.2. The average molecular weight is 233 g/mol. The molecule has 1 aromatic rings.